The van der Waals surface area contributed by atoms with Gasteiger partial charge < -0.3 is 19.3 Å². The Bertz CT molecular complexity index is 1120. The van der Waals surface area contributed by atoms with Crippen molar-refractivity contribution in [2.45, 2.75) is 25.4 Å². The largest absolute Gasteiger partial charge is 0.491 e. The van der Waals surface area contributed by atoms with Crippen LogP contribution in [0.25, 0.3) is 16.5 Å². The molecule has 0 bridgehead atoms. The molecule has 0 radical (unpaired) electrons. The molecule has 0 aliphatic carbocycles. The molecule has 0 unspecified atom stereocenters. The summed E-state index contributed by atoms with van der Waals surface area (Å²) in [5.41, 5.74) is 2.08. The van der Waals surface area contributed by atoms with E-state index in [4.69, 9.17) is 9.47 Å². The molecule has 168 valence electrons. The maximum Gasteiger partial charge on any atom is 0.262 e. The Morgan fingerprint density at radius 3 is 2.62 bits per heavy atom. The maximum absolute atomic E-state index is 13.2. The van der Waals surface area contributed by atoms with Crippen molar-refractivity contribution in [3.05, 3.63) is 65.1 Å². The lowest BCUT2D eigenvalue weighted by molar-refractivity contribution is 0.0680. The normalized spacial score (nSPS) is 19.9. The summed E-state index contributed by atoms with van der Waals surface area (Å²) < 4.78 is 13.2. The van der Waals surface area contributed by atoms with Crippen molar-refractivity contribution in [3.63, 3.8) is 0 Å². The van der Waals surface area contributed by atoms with Crippen LogP contribution in [0, 0.1) is 0 Å². The highest BCUT2D eigenvalue weighted by Gasteiger charge is 2.16. The number of fused-ring (bicyclic) bond motifs is 1. The minimum atomic E-state index is -0.0164. The first-order valence-corrected chi connectivity index (χ1v) is 11.6. The van der Waals surface area contributed by atoms with Gasteiger partial charge in [-0.25, -0.2) is 0 Å². The van der Waals surface area contributed by atoms with Crippen LogP contribution in [0.5, 0.6) is 5.75 Å². The zero-order chi connectivity index (χ0) is 21.9. The van der Waals surface area contributed by atoms with E-state index in [2.05, 4.69) is 29.0 Å². The summed E-state index contributed by atoms with van der Waals surface area (Å²) >= 11 is 0. The predicted octanol–water partition coefficient (Wildman–Crippen LogP) is 3.69. The first-order chi connectivity index (χ1) is 15.7. The van der Waals surface area contributed by atoms with Crippen molar-refractivity contribution in [2.24, 2.45) is 0 Å². The van der Waals surface area contributed by atoms with E-state index in [1.54, 1.807) is 4.57 Å². The number of nitrogens with zero attached hydrogens (tertiary/aromatic N) is 3. The lowest BCUT2D eigenvalue weighted by Crippen LogP contribution is -2.28. The molecule has 2 saturated heterocycles. The van der Waals surface area contributed by atoms with E-state index in [0.717, 1.165) is 62.5 Å². The molecular formula is C26H31N3O3. The highest BCUT2D eigenvalue weighted by molar-refractivity contribution is 5.83. The number of hydrogen-bond acceptors (Lipinski definition) is 5. The number of pyridine rings is 1. The fourth-order valence-electron chi connectivity index (χ4n) is 4.61. The second-order valence-electron chi connectivity index (χ2n) is 8.85. The third-order valence-electron chi connectivity index (χ3n) is 6.55. The number of benzene rings is 2. The topological polar surface area (TPSA) is 46.9 Å². The Morgan fingerprint density at radius 1 is 0.969 bits per heavy atom. The van der Waals surface area contributed by atoms with Crippen molar-refractivity contribution in [1.29, 1.82) is 0 Å². The predicted molar refractivity (Wildman–Crippen MR) is 128 cm³/mol. The molecule has 2 fully saturated rings. The molecule has 0 amide bonds. The van der Waals surface area contributed by atoms with Crippen LogP contribution in [-0.2, 0) is 4.74 Å². The summed E-state index contributed by atoms with van der Waals surface area (Å²) in [7, 11) is 2.18. The average molecular weight is 434 g/mol. The fourth-order valence-corrected chi connectivity index (χ4v) is 4.61. The molecule has 2 aliphatic rings. The number of rotatable bonds is 5. The highest BCUT2D eigenvalue weighted by atomic mass is 16.5. The second kappa shape index (κ2) is 9.35. The molecule has 0 N–H and O–H groups in total. The van der Waals surface area contributed by atoms with Crippen LogP contribution in [0.15, 0.2) is 59.5 Å². The van der Waals surface area contributed by atoms with Gasteiger partial charge in [0.15, 0.2) is 0 Å². The number of anilines is 1. The van der Waals surface area contributed by atoms with Gasteiger partial charge in [-0.3, -0.25) is 9.36 Å². The maximum atomic E-state index is 13.2. The van der Waals surface area contributed by atoms with Crippen molar-refractivity contribution < 1.29 is 9.47 Å². The van der Waals surface area contributed by atoms with Gasteiger partial charge >= 0.3 is 0 Å². The monoisotopic (exact) mass is 433 g/mol. The lowest BCUT2D eigenvalue weighted by Gasteiger charge is -2.23. The SMILES string of the molecule is CN1CCCN(c2ccc(-n3ccc4cc(OC[C@@H]5CCCO5)ccc4c3=O)cc2)CC1. The van der Waals surface area contributed by atoms with Gasteiger partial charge in [0, 0.05) is 49.2 Å². The molecular weight excluding hydrogens is 402 g/mol. The standard InChI is InChI=1S/C26H31N3O3/c1-27-12-3-13-28(16-15-27)21-5-7-22(8-6-21)29-14-11-20-18-23(9-10-25(20)26(29)30)32-19-24-4-2-17-31-24/h5-11,14,18,24H,2-4,12-13,15-17,19H2,1H3/t24-/m0/s1. The van der Waals surface area contributed by atoms with Gasteiger partial charge in [0.25, 0.3) is 5.56 Å². The summed E-state index contributed by atoms with van der Waals surface area (Å²) in [6.07, 6.45) is 5.34. The Hall–Kier alpha value is -2.83. The van der Waals surface area contributed by atoms with E-state index in [-0.39, 0.29) is 11.7 Å². The quantitative estimate of drug-likeness (QED) is 0.614. The zero-order valence-corrected chi connectivity index (χ0v) is 18.7. The molecule has 3 heterocycles. The van der Waals surface area contributed by atoms with Gasteiger partial charge in [-0.05, 0) is 86.8 Å². The van der Waals surface area contributed by atoms with Gasteiger partial charge in [-0.1, -0.05) is 0 Å². The lowest BCUT2D eigenvalue weighted by atomic mass is 10.1. The number of aromatic nitrogens is 1. The number of ether oxygens (including phenoxy) is 2. The zero-order valence-electron chi connectivity index (χ0n) is 18.7. The minimum Gasteiger partial charge on any atom is -0.491 e. The fraction of sp³-hybridized carbons (Fsp3) is 0.423. The van der Waals surface area contributed by atoms with Crippen LogP contribution in [0.2, 0.25) is 0 Å². The highest BCUT2D eigenvalue weighted by Crippen LogP contribution is 2.22. The van der Waals surface area contributed by atoms with Gasteiger partial charge in [0.05, 0.1) is 6.10 Å². The molecule has 1 atom stereocenters. The van der Waals surface area contributed by atoms with Crippen LogP contribution in [-0.4, -0.2) is 62.0 Å². The molecule has 0 saturated carbocycles. The van der Waals surface area contributed by atoms with Crippen LogP contribution >= 0.6 is 0 Å². The van der Waals surface area contributed by atoms with E-state index >= 15 is 0 Å². The van der Waals surface area contributed by atoms with Crippen molar-refractivity contribution >= 4 is 16.5 Å². The van der Waals surface area contributed by atoms with Gasteiger partial charge in [0.2, 0.25) is 0 Å². The molecule has 3 aromatic rings. The smallest absolute Gasteiger partial charge is 0.262 e. The Labute approximate surface area is 189 Å². The van der Waals surface area contributed by atoms with Crippen LogP contribution in [0.1, 0.15) is 19.3 Å². The Morgan fingerprint density at radius 2 is 1.81 bits per heavy atom. The average Bonchev–Trinajstić information content (AvgIpc) is 3.25. The molecule has 1 aromatic heterocycles. The molecule has 0 spiro atoms. The van der Waals surface area contributed by atoms with Gasteiger partial charge in [-0.2, -0.15) is 0 Å². The van der Waals surface area contributed by atoms with Crippen LogP contribution in [0.3, 0.4) is 0 Å². The molecule has 6 nitrogen and oxygen atoms in total. The molecule has 2 aromatic carbocycles. The summed E-state index contributed by atoms with van der Waals surface area (Å²) in [5, 5.41) is 1.58. The summed E-state index contributed by atoms with van der Waals surface area (Å²) in [4.78, 5) is 18.0. The van der Waals surface area contributed by atoms with E-state index in [1.165, 1.54) is 12.1 Å². The van der Waals surface area contributed by atoms with Crippen molar-refractivity contribution in [2.75, 3.05) is 51.3 Å². The first-order valence-electron chi connectivity index (χ1n) is 11.6. The van der Waals surface area contributed by atoms with Gasteiger partial charge in [-0.15, -0.1) is 0 Å². The summed E-state index contributed by atoms with van der Waals surface area (Å²) in [5.74, 6) is 0.776. The third-order valence-corrected chi connectivity index (χ3v) is 6.55. The van der Waals surface area contributed by atoms with E-state index in [1.807, 2.05) is 42.6 Å². The third kappa shape index (κ3) is 4.52. The summed E-state index contributed by atoms with van der Waals surface area (Å²) in [6.45, 7) is 5.69. The van der Waals surface area contributed by atoms with Crippen LogP contribution in [0.4, 0.5) is 5.69 Å². The van der Waals surface area contributed by atoms with E-state index in [0.29, 0.717) is 12.0 Å². The van der Waals surface area contributed by atoms with E-state index in [9.17, 15) is 4.79 Å². The molecule has 6 heteroatoms. The first kappa shape index (κ1) is 21.0. The van der Waals surface area contributed by atoms with Gasteiger partial charge in [0.1, 0.15) is 12.4 Å². The van der Waals surface area contributed by atoms with Crippen molar-refractivity contribution in [3.8, 4) is 11.4 Å². The molecule has 2 aliphatic heterocycles. The van der Waals surface area contributed by atoms with E-state index < -0.39 is 0 Å². The number of hydrogen-bond donors (Lipinski definition) is 0. The Kier molecular flexibility index (Phi) is 6.14. The second-order valence-corrected chi connectivity index (χ2v) is 8.85. The summed E-state index contributed by atoms with van der Waals surface area (Å²) in [6, 6.07) is 16.0. The Balaban J connectivity index is 1.34. The molecule has 5 rings (SSSR count). The molecule has 32 heavy (non-hydrogen) atoms. The number of likely N-dealkylation sites (N-methyl/N-ethyl adjacent to an activating group) is 1. The minimum absolute atomic E-state index is 0.0164. The van der Waals surface area contributed by atoms with Crippen molar-refractivity contribution in [1.82, 2.24) is 9.47 Å². The van der Waals surface area contributed by atoms with Crippen LogP contribution < -0.4 is 15.2 Å².